The van der Waals surface area contributed by atoms with E-state index in [2.05, 4.69) is 31.4 Å². The molecule has 0 spiro atoms. The average molecular weight is 400 g/mol. The van der Waals surface area contributed by atoms with Gasteiger partial charge in [-0.3, -0.25) is 4.79 Å². The molecule has 0 aliphatic carbocycles. The van der Waals surface area contributed by atoms with Crippen LogP contribution < -0.4 is 5.32 Å². The van der Waals surface area contributed by atoms with Crippen LogP contribution >= 0.6 is 15.9 Å². The molecule has 0 fully saturated rings. The van der Waals surface area contributed by atoms with Crippen LogP contribution in [0.15, 0.2) is 63.6 Å². The van der Waals surface area contributed by atoms with Crippen LogP contribution in [0.5, 0.6) is 0 Å². The third-order valence-electron chi connectivity index (χ3n) is 3.81. The minimum Gasteiger partial charge on any atom is -0.340 e. The van der Waals surface area contributed by atoms with Gasteiger partial charge < -0.3 is 9.84 Å². The summed E-state index contributed by atoms with van der Waals surface area (Å²) in [5.74, 6) is 0.812. The molecule has 1 heterocycles. The quantitative estimate of drug-likeness (QED) is 0.678. The molecule has 6 heteroatoms. The lowest BCUT2D eigenvalue weighted by Crippen LogP contribution is -2.32. The molecule has 0 unspecified atom stereocenters. The largest absolute Gasteiger partial charge is 0.340 e. The molecule has 2 aromatic carbocycles. The summed E-state index contributed by atoms with van der Waals surface area (Å²) in [6.45, 7) is 3.99. The van der Waals surface area contributed by atoms with Crippen molar-refractivity contribution < 1.29 is 9.32 Å². The minimum absolute atomic E-state index is 0.0931. The lowest BCUT2D eigenvalue weighted by molar-refractivity contribution is 0.0913. The zero-order chi connectivity index (χ0) is 17.8. The summed E-state index contributed by atoms with van der Waals surface area (Å²) in [4.78, 5) is 17.1. The van der Waals surface area contributed by atoms with E-state index in [0.29, 0.717) is 17.3 Å². The first-order chi connectivity index (χ1) is 12.1. The standard InChI is InChI=1S/C19H18BrN3O2/c1-12(2)16(21-18(24)14-10-6-7-11-15(14)20)19-22-17(23-25-19)13-8-4-3-5-9-13/h3-12,16H,1-2H3,(H,21,24)/t16-/m0/s1. The molecule has 0 aliphatic rings. The van der Waals surface area contributed by atoms with Gasteiger partial charge in [0.1, 0.15) is 6.04 Å². The van der Waals surface area contributed by atoms with E-state index in [1.54, 1.807) is 6.07 Å². The van der Waals surface area contributed by atoms with Gasteiger partial charge in [-0.05, 0) is 34.0 Å². The van der Waals surface area contributed by atoms with E-state index in [9.17, 15) is 4.79 Å². The summed E-state index contributed by atoms with van der Waals surface area (Å²) in [6.07, 6.45) is 0. The van der Waals surface area contributed by atoms with E-state index in [1.165, 1.54) is 0 Å². The van der Waals surface area contributed by atoms with Gasteiger partial charge in [-0.1, -0.05) is 61.5 Å². The number of hydrogen-bond donors (Lipinski definition) is 1. The van der Waals surface area contributed by atoms with Crippen molar-refractivity contribution in [1.29, 1.82) is 0 Å². The minimum atomic E-state index is -0.371. The van der Waals surface area contributed by atoms with Crippen LogP contribution in [0.25, 0.3) is 11.4 Å². The monoisotopic (exact) mass is 399 g/mol. The Labute approximate surface area is 154 Å². The molecule has 128 valence electrons. The van der Waals surface area contributed by atoms with E-state index in [-0.39, 0.29) is 17.9 Å². The molecular weight excluding hydrogens is 382 g/mol. The highest BCUT2D eigenvalue weighted by atomic mass is 79.9. The summed E-state index contributed by atoms with van der Waals surface area (Å²) in [5.41, 5.74) is 1.44. The Morgan fingerprint density at radius 1 is 1.08 bits per heavy atom. The molecule has 0 aliphatic heterocycles. The zero-order valence-electron chi connectivity index (χ0n) is 13.9. The van der Waals surface area contributed by atoms with Crippen molar-refractivity contribution >= 4 is 21.8 Å². The predicted octanol–water partition coefficient (Wildman–Crippen LogP) is 4.63. The topological polar surface area (TPSA) is 68.0 Å². The highest BCUT2D eigenvalue weighted by Gasteiger charge is 2.25. The number of carbonyl (C=O) groups excluding carboxylic acids is 1. The van der Waals surface area contributed by atoms with E-state index in [1.807, 2.05) is 62.4 Å². The molecule has 0 saturated heterocycles. The molecule has 25 heavy (non-hydrogen) atoms. The number of benzene rings is 2. The maximum absolute atomic E-state index is 12.6. The zero-order valence-corrected chi connectivity index (χ0v) is 15.5. The highest BCUT2D eigenvalue weighted by molar-refractivity contribution is 9.10. The second-order valence-electron chi connectivity index (χ2n) is 6.00. The van der Waals surface area contributed by atoms with Crippen LogP contribution in [-0.4, -0.2) is 16.0 Å². The molecule has 3 rings (SSSR count). The molecule has 0 bridgehead atoms. The fourth-order valence-electron chi connectivity index (χ4n) is 2.44. The van der Waals surface area contributed by atoms with E-state index < -0.39 is 0 Å². The Kier molecular flexibility index (Phi) is 5.28. The molecule has 1 amide bonds. The number of rotatable bonds is 5. The second-order valence-corrected chi connectivity index (χ2v) is 6.85. The number of nitrogens with one attached hydrogen (secondary N) is 1. The Hall–Kier alpha value is -2.47. The number of hydrogen-bond acceptors (Lipinski definition) is 4. The van der Waals surface area contributed by atoms with Gasteiger partial charge in [0.2, 0.25) is 11.7 Å². The van der Waals surface area contributed by atoms with Crippen molar-refractivity contribution in [2.75, 3.05) is 0 Å². The van der Waals surface area contributed by atoms with Gasteiger partial charge in [0.05, 0.1) is 5.56 Å². The summed E-state index contributed by atoms with van der Waals surface area (Å²) < 4.78 is 6.16. The van der Waals surface area contributed by atoms with Gasteiger partial charge in [0.15, 0.2) is 0 Å². The van der Waals surface area contributed by atoms with Crippen LogP contribution in [-0.2, 0) is 0 Å². The second kappa shape index (κ2) is 7.61. The SMILES string of the molecule is CC(C)[C@H](NC(=O)c1ccccc1Br)c1nc(-c2ccccc2)no1. The van der Waals surface area contributed by atoms with Crippen LogP contribution in [0.1, 0.15) is 36.1 Å². The van der Waals surface area contributed by atoms with E-state index >= 15 is 0 Å². The summed E-state index contributed by atoms with van der Waals surface area (Å²) in [5, 5.41) is 7.03. The van der Waals surface area contributed by atoms with Crippen molar-refractivity contribution in [2.24, 2.45) is 5.92 Å². The Morgan fingerprint density at radius 3 is 2.44 bits per heavy atom. The van der Waals surface area contributed by atoms with Gasteiger partial charge >= 0.3 is 0 Å². The van der Waals surface area contributed by atoms with Gasteiger partial charge in [0.25, 0.3) is 5.91 Å². The first-order valence-electron chi connectivity index (χ1n) is 8.00. The van der Waals surface area contributed by atoms with Gasteiger partial charge in [0, 0.05) is 10.0 Å². The molecule has 1 aromatic heterocycles. The molecule has 0 radical (unpaired) electrons. The normalized spacial score (nSPS) is 12.2. The molecule has 5 nitrogen and oxygen atoms in total. The third kappa shape index (κ3) is 3.96. The van der Waals surface area contributed by atoms with Crippen molar-refractivity contribution in [3.63, 3.8) is 0 Å². The highest BCUT2D eigenvalue weighted by Crippen LogP contribution is 2.25. The Bertz CT molecular complexity index is 862. The molecule has 1 atom stereocenters. The maximum Gasteiger partial charge on any atom is 0.253 e. The molecule has 0 saturated carbocycles. The number of amides is 1. The van der Waals surface area contributed by atoms with E-state index in [0.717, 1.165) is 10.0 Å². The summed E-state index contributed by atoms with van der Waals surface area (Å²) >= 11 is 3.40. The van der Waals surface area contributed by atoms with Crippen molar-refractivity contribution in [3.8, 4) is 11.4 Å². The summed E-state index contributed by atoms with van der Waals surface area (Å²) in [7, 11) is 0. The Morgan fingerprint density at radius 2 is 1.76 bits per heavy atom. The molecule has 3 aromatic rings. The third-order valence-corrected chi connectivity index (χ3v) is 4.50. The molecule has 1 N–H and O–H groups in total. The van der Waals surface area contributed by atoms with Crippen LogP contribution in [0.2, 0.25) is 0 Å². The lowest BCUT2D eigenvalue weighted by Gasteiger charge is -2.18. The van der Waals surface area contributed by atoms with Crippen LogP contribution in [0.4, 0.5) is 0 Å². The van der Waals surface area contributed by atoms with Crippen molar-refractivity contribution in [3.05, 3.63) is 70.5 Å². The van der Waals surface area contributed by atoms with Gasteiger partial charge in [-0.15, -0.1) is 0 Å². The number of nitrogens with zero attached hydrogens (tertiary/aromatic N) is 2. The van der Waals surface area contributed by atoms with Crippen molar-refractivity contribution in [2.45, 2.75) is 19.9 Å². The van der Waals surface area contributed by atoms with E-state index in [4.69, 9.17) is 4.52 Å². The van der Waals surface area contributed by atoms with Crippen LogP contribution in [0.3, 0.4) is 0 Å². The first kappa shape index (κ1) is 17.4. The van der Waals surface area contributed by atoms with Crippen molar-refractivity contribution in [1.82, 2.24) is 15.5 Å². The summed E-state index contributed by atoms with van der Waals surface area (Å²) in [6, 6.07) is 16.5. The van der Waals surface area contributed by atoms with Crippen LogP contribution in [0, 0.1) is 5.92 Å². The predicted molar refractivity (Wildman–Crippen MR) is 98.9 cm³/mol. The van der Waals surface area contributed by atoms with Gasteiger partial charge in [-0.25, -0.2) is 0 Å². The molecular formula is C19H18BrN3O2. The maximum atomic E-state index is 12.6. The fourth-order valence-corrected chi connectivity index (χ4v) is 2.91. The lowest BCUT2D eigenvalue weighted by atomic mass is 10.0. The first-order valence-corrected chi connectivity index (χ1v) is 8.80. The number of carbonyl (C=O) groups is 1. The number of halogens is 1. The number of aromatic nitrogens is 2. The van der Waals surface area contributed by atoms with Gasteiger partial charge in [-0.2, -0.15) is 4.98 Å². The fraction of sp³-hybridized carbons (Fsp3) is 0.211. The Balaban J connectivity index is 1.84. The smallest absolute Gasteiger partial charge is 0.253 e. The average Bonchev–Trinajstić information content (AvgIpc) is 3.10.